The van der Waals surface area contributed by atoms with E-state index in [-0.39, 0.29) is 13.5 Å². The van der Waals surface area contributed by atoms with Crippen LogP contribution in [0.5, 0.6) is 0 Å². The molecule has 0 radical (unpaired) electrons. The molecule has 48 valence electrons. The maximum Gasteiger partial charge on any atom is 0.0152 e. The van der Waals surface area contributed by atoms with Crippen molar-refractivity contribution in [3.05, 3.63) is 24.1 Å². The fourth-order valence-corrected chi connectivity index (χ4v) is 0.659. The summed E-state index contributed by atoms with van der Waals surface area (Å²) in [7, 11) is 0. The van der Waals surface area contributed by atoms with Crippen molar-refractivity contribution in [1.82, 2.24) is 0 Å². The number of hydrogen-bond donors (Lipinski definition) is 0. The molecule has 0 aliphatic rings. The molecule has 0 rings (SSSR count). The quantitative estimate of drug-likeness (QED) is 0.438. The first-order valence-corrected chi connectivity index (χ1v) is 3.30. The Morgan fingerprint density at radius 1 is 1.62 bits per heavy atom. The Bertz CT molecular complexity index is 66.9. The standard InChI is InChI=1S/C6H10S.H2S/c1-3-5-7-6-4-2;/h3-4,6H,1,5H2,2H3;1H2. The fourth-order valence-electron chi connectivity index (χ4n) is 0.220. The number of hydrogen-bond acceptors (Lipinski definition) is 1. The van der Waals surface area contributed by atoms with Crippen LogP contribution in [-0.2, 0) is 0 Å². The molecule has 0 spiro atoms. The molecule has 2 heteroatoms. The van der Waals surface area contributed by atoms with Gasteiger partial charge in [-0.15, -0.1) is 18.3 Å². The zero-order chi connectivity index (χ0) is 5.54. The van der Waals surface area contributed by atoms with E-state index in [2.05, 4.69) is 12.0 Å². The molecule has 0 N–H and O–H groups in total. The smallest absolute Gasteiger partial charge is 0.0152 e. The molecule has 0 aromatic carbocycles. The molecule has 0 aliphatic carbocycles. The van der Waals surface area contributed by atoms with E-state index < -0.39 is 0 Å². The van der Waals surface area contributed by atoms with Gasteiger partial charge in [0.05, 0.1) is 0 Å². The Morgan fingerprint density at radius 3 is 2.62 bits per heavy atom. The molecule has 0 nitrogen and oxygen atoms in total. The first-order chi connectivity index (χ1) is 3.41. The summed E-state index contributed by atoms with van der Waals surface area (Å²) in [6.07, 6.45) is 3.92. The molecular weight excluding hydrogens is 136 g/mol. The van der Waals surface area contributed by atoms with E-state index in [0.717, 1.165) is 5.75 Å². The van der Waals surface area contributed by atoms with Crippen LogP contribution >= 0.6 is 25.3 Å². The minimum absolute atomic E-state index is 0. The maximum atomic E-state index is 3.58. The van der Waals surface area contributed by atoms with E-state index in [9.17, 15) is 0 Å². The van der Waals surface area contributed by atoms with Gasteiger partial charge in [0.1, 0.15) is 0 Å². The van der Waals surface area contributed by atoms with E-state index in [1.54, 1.807) is 11.8 Å². The summed E-state index contributed by atoms with van der Waals surface area (Å²) >= 11 is 1.75. The topological polar surface area (TPSA) is 0 Å². The first kappa shape index (κ1) is 11.0. The molecule has 0 amide bonds. The normalized spacial score (nSPS) is 8.62. The van der Waals surface area contributed by atoms with Gasteiger partial charge in [-0.2, -0.15) is 13.5 Å². The third-order valence-electron chi connectivity index (χ3n) is 0.446. The van der Waals surface area contributed by atoms with Crippen molar-refractivity contribution in [2.75, 3.05) is 5.75 Å². The summed E-state index contributed by atoms with van der Waals surface area (Å²) in [5.74, 6) is 1.02. The molecule has 0 aromatic rings. The summed E-state index contributed by atoms with van der Waals surface area (Å²) in [5.41, 5.74) is 0. The Kier molecular flexibility index (Phi) is 14.1. The highest BCUT2D eigenvalue weighted by atomic mass is 32.2. The molecular formula is C6H12S2. The van der Waals surface area contributed by atoms with Crippen molar-refractivity contribution in [3.8, 4) is 0 Å². The Morgan fingerprint density at radius 2 is 2.25 bits per heavy atom. The van der Waals surface area contributed by atoms with Gasteiger partial charge in [-0.05, 0) is 12.3 Å². The minimum Gasteiger partial charge on any atom is -0.197 e. The van der Waals surface area contributed by atoms with Gasteiger partial charge in [0, 0.05) is 5.75 Å². The summed E-state index contributed by atoms with van der Waals surface area (Å²) in [4.78, 5) is 0. The molecule has 0 aromatic heterocycles. The van der Waals surface area contributed by atoms with Gasteiger partial charge in [-0.3, -0.25) is 0 Å². The second kappa shape index (κ2) is 10.2. The van der Waals surface area contributed by atoms with E-state index in [1.165, 1.54) is 0 Å². The third kappa shape index (κ3) is 9.49. The lowest BCUT2D eigenvalue weighted by Gasteiger charge is -1.79. The van der Waals surface area contributed by atoms with Crippen molar-refractivity contribution < 1.29 is 0 Å². The second-order valence-electron chi connectivity index (χ2n) is 1.09. The molecule has 0 unspecified atom stereocenters. The SMILES string of the molecule is C=CCSC=CC.S. The average Bonchev–Trinajstić information content (AvgIpc) is 1.69. The molecule has 0 atom stereocenters. The highest BCUT2D eigenvalue weighted by Crippen LogP contribution is 1.99. The monoisotopic (exact) mass is 148 g/mol. The lowest BCUT2D eigenvalue weighted by molar-refractivity contribution is 1.77. The first-order valence-electron chi connectivity index (χ1n) is 2.25. The van der Waals surface area contributed by atoms with Crippen molar-refractivity contribution in [2.45, 2.75) is 6.92 Å². The highest BCUT2D eigenvalue weighted by Gasteiger charge is 1.68. The molecule has 0 fully saturated rings. The Hall–Kier alpha value is 0.180. The predicted molar refractivity (Wildman–Crippen MR) is 47.9 cm³/mol. The van der Waals surface area contributed by atoms with Crippen LogP contribution in [0, 0.1) is 0 Å². The van der Waals surface area contributed by atoms with Crippen LogP contribution in [-0.4, -0.2) is 5.75 Å². The largest absolute Gasteiger partial charge is 0.197 e. The average molecular weight is 148 g/mol. The van der Waals surface area contributed by atoms with Crippen molar-refractivity contribution in [2.24, 2.45) is 0 Å². The number of thioether (sulfide) groups is 1. The summed E-state index contributed by atoms with van der Waals surface area (Å²) in [6.45, 7) is 5.59. The Labute approximate surface area is 62.5 Å². The van der Waals surface area contributed by atoms with E-state index in [1.807, 2.05) is 19.1 Å². The van der Waals surface area contributed by atoms with E-state index in [4.69, 9.17) is 0 Å². The zero-order valence-corrected chi connectivity index (χ0v) is 6.87. The van der Waals surface area contributed by atoms with Crippen LogP contribution in [0.4, 0.5) is 0 Å². The van der Waals surface area contributed by atoms with Gasteiger partial charge in [-0.25, -0.2) is 0 Å². The highest BCUT2D eigenvalue weighted by molar-refractivity contribution is 8.02. The molecule has 0 saturated heterocycles. The second-order valence-corrected chi connectivity index (χ2v) is 2.03. The Balaban J connectivity index is 0. The van der Waals surface area contributed by atoms with Gasteiger partial charge >= 0.3 is 0 Å². The molecule has 0 heterocycles. The van der Waals surface area contributed by atoms with Crippen molar-refractivity contribution in [1.29, 1.82) is 0 Å². The molecule has 0 bridgehead atoms. The van der Waals surface area contributed by atoms with Gasteiger partial charge in [0.25, 0.3) is 0 Å². The van der Waals surface area contributed by atoms with Crippen LogP contribution in [0.1, 0.15) is 6.92 Å². The van der Waals surface area contributed by atoms with Crippen LogP contribution in [0.15, 0.2) is 24.1 Å². The van der Waals surface area contributed by atoms with Crippen molar-refractivity contribution in [3.63, 3.8) is 0 Å². The predicted octanol–water partition coefficient (Wildman–Crippen LogP) is 2.55. The minimum atomic E-state index is 0. The van der Waals surface area contributed by atoms with Crippen LogP contribution in [0.2, 0.25) is 0 Å². The molecule has 0 aliphatic heterocycles. The lowest BCUT2D eigenvalue weighted by Crippen LogP contribution is -1.58. The van der Waals surface area contributed by atoms with Gasteiger partial charge in [0.2, 0.25) is 0 Å². The number of allylic oxidation sites excluding steroid dienone is 1. The zero-order valence-electron chi connectivity index (χ0n) is 5.05. The van der Waals surface area contributed by atoms with E-state index in [0.29, 0.717) is 0 Å². The number of rotatable bonds is 3. The van der Waals surface area contributed by atoms with Gasteiger partial charge < -0.3 is 0 Å². The lowest BCUT2D eigenvalue weighted by atomic mass is 10.8. The van der Waals surface area contributed by atoms with Crippen LogP contribution < -0.4 is 0 Å². The van der Waals surface area contributed by atoms with Crippen molar-refractivity contribution >= 4 is 25.3 Å². The fraction of sp³-hybridized carbons (Fsp3) is 0.333. The van der Waals surface area contributed by atoms with Crippen LogP contribution in [0.3, 0.4) is 0 Å². The van der Waals surface area contributed by atoms with Gasteiger partial charge in [-0.1, -0.05) is 12.2 Å². The summed E-state index contributed by atoms with van der Waals surface area (Å²) in [6, 6.07) is 0. The summed E-state index contributed by atoms with van der Waals surface area (Å²) < 4.78 is 0. The van der Waals surface area contributed by atoms with Gasteiger partial charge in [0.15, 0.2) is 0 Å². The van der Waals surface area contributed by atoms with Crippen LogP contribution in [0.25, 0.3) is 0 Å². The molecule has 0 saturated carbocycles. The molecule has 8 heavy (non-hydrogen) atoms. The van der Waals surface area contributed by atoms with E-state index >= 15 is 0 Å². The maximum absolute atomic E-state index is 3.58. The third-order valence-corrected chi connectivity index (χ3v) is 1.34. The summed E-state index contributed by atoms with van der Waals surface area (Å²) in [5, 5.41) is 2.06.